The van der Waals surface area contributed by atoms with E-state index in [1.54, 1.807) is 19.1 Å². The van der Waals surface area contributed by atoms with Gasteiger partial charge in [-0.05, 0) is 53.2 Å². The zero-order valence-corrected chi connectivity index (χ0v) is 13.3. The van der Waals surface area contributed by atoms with Crippen LogP contribution in [0.5, 0.6) is 0 Å². The van der Waals surface area contributed by atoms with Crippen molar-refractivity contribution in [2.24, 2.45) is 0 Å². The Hall–Kier alpha value is -1.64. The molecule has 0 radical (unpaired) electrons. The summed E-state index contributed by atoms with van der Waals surface area (Å²) in [5, 5.41) is 8.95. The minimum atomic E-state index is -3.89. The van der Waals surface area contributed by atoms with Crippen LogP contribution in [0.4, 0.5) is 0 Å². The van der Waals surface area contributed by atoms with Crippen LogP contribution in [0.25, 0.3) is 0 Å². The first-order valence-electron chi connectivity index (χ1n) is 5.90. The topological polar surface area (TPSA) is 96.6 Å². The van der Waals surface area contributed by atoms with E-state index >= 15 is 0 Å². The molecule has 0 saturated heterocycles. The van der Waals surface area contributed by atoms with Gasteiger partial charge in [-0.25, -0.2) is 17.9 Å². The number of halogens is 1. The molecular weight excluding hydrogens is 362 g/mol. The highest BCUT2D eigenvalue weighted by Crippen LogP contribution is 2.25. The molecule has 0 saturated carbocycles. The third kappa shape index (κ3) is 3.52. The lowest BCUT2D eigenvalue weighted by Gasteiger charge is -2.13. The number of rotatable bonds is 5. The van der Waals surface area contributed by atoms with Crippen molar-refractivity contribution in [3.05, 3.63) is 52.4 Å². The second kappa shape index (κ2) is 6.00. The lowest BCUT2D eigenvalue weighted by molar-refractivity contribution is 0.0696. The van der Waals surface area contributed by atoms with Crippen molar-refractivity contribution >= 4 is 31.9 Å². The number of carbonyl (C=O) groups is 1. The summed E-state index contributed by atoms with van der Waals surface area (Å²) < 4.78 is 32.6. The minimum Gasteiger partial charge on any atom is -0.478 e. The summed E-state index contributed by atoms with van der Waals surface area (Å²) in [5.74, 6) is -0.734. The van der Waals surface area contributed by atoms with E-state index in [2.05, 4.69) is 20.7 Å². The van der Waals surface area contributed by atoms with Gasteiger partial charge in [-0.1, -0.05) is 0 Å². The van der Waals surface area contributed by atoms with Gasteiger partial charge in [0, 0.05) is 4.47 Å². The molecule has 1 heterocycles. The van der Waals surface area contributed by atoms with Crippen LogP contribution in [0, 0.1) is 0 Å². The molecule has 0 fully saturated rings. The van der Waals surface area contributed by atoms with E-state index in [9.17, 15) is 13.2 Å². The fraction of sp³-hybridized carbons (Fsp3) is 0.154. The Morgan fingerprint density at radius 2 is 2.10 bits per heavy atom. The lowest BCUT2D eigenvalue weighted by Crippen LogP contribution is -2.27. The van der Waals surface area contributed by atoms with Crippen LogP contribution in [-0.2, 0) is 10.0 Å². The molecule has 0 aliphatic heterocycles. The molecule has 6 nitrogen and oxygen atoms in total. The Balaban J connectivity index is 2.35. The minimum absolute atomic E-state index is 0.107. The Morgan fingerprint density at radius 3 is 2.67 bits per heavy atom. The van der Waals surface area contributed by atoms with Crippen LogP contribution < -0.4 is 4.72 Å². The number of aromatic carboxylic acids is 1. The van der Waals surface area contributed by atoms with Gasteiger partial charge in [0.25, 0.3) is 0 Å². The van der Waals surface area contributed by atoms with Crippen LogP contribution in [0.2, 0.25) is 0 Å². The number of nitrogens with one attached hydrogen (secondary N) is 1. The van der Waals surface area contributed by atoms with Gasteiger partial charge < -0.3 is 9.52 Å². The molecule has 1 atom stereocenters. The van der Waals surface area contributed by atoms with Gasteiger partial charge >= 0.3 is 5.97 Å². The number of carboxylic acids is 1. The monoisotopic (exact) mass is 373 g/mol. The third-order valence-corrected chi connectivity index (χ3v) is 5.30. The molecule has 0 amide bonds. The lowest BCUT2D eigenvalue weighted by atomic mass is 10.2. The molecule has 8 heteroatoms. The summed E-state index contributed by atoms with van der Waals surface area (Å²) in [5.41, 5.74) is -0.107. The van der Waals surface area contributed by atoms with E-state index in [1.807, 2.05) is 0 Å². The summed E-state index contributed by atoms with van der Waals surface area (Å²) in [6.07, 6.45) is 1.45. The number of hydrogen-bond acceptors (Lipinski definition) is 4. The standard InChI is InChI=1S/C13H12BrNO5S/c1-8(11-3-2-6-20-11)15-21(18,19)12-7-9(13(16)17)4-5-10(12)14/h2-8,15H,1H3,(H,16,17)/t8-/m1/s1. The van der Waals surface area contributed by atoms with E-state index in [0.717, 1.165) is 6.07 Å². The Morgan fingerprint density at radius 1 is 1.38 bits per heavy atom. The Labute approximate surface area is 130 Å². The van der Waals surface area contributed by atoms with E-state index < -0.39 is 22.0 Å². The van der Waals surface area contributed by atoms with E-state index in [-0.39, 0.29) is 14.9 Å². The second-order valence-electron chi connectivity index (χ2n) is 4.31. The molecule has 21 heavy (non-hydrogen) atoms. The summed E-state index contributed by atoms with van der Waals surface area (Å²) in [6, 6.07) is 6.53. The molecule has 0 aliphatic carbocycles. The molecule has 1 aromatic heterocycles. The van der Waals surface area contributed by atoms with Gasteiger partial charge in [0.05, 0.1) is 22.8 Å². The van der Waals surface area contributed by atoms with Crippen LogP contribution >= 0.6 is 15.9 Å². The average molecular weight is 374 g/mol. The summed E-state index contributed by atoms with van der Waals surface area (Å²) in [4.78, 5) is 10.8. The first kappa shape index (κ1) is 15.7. The van der Waals surface area contributed by atoms with Gasteiger partial charge in [-0.3, -0.25) is 0 Å². The van der Waals surface area contributed by atoms with Crippen molar-refractivity contribution in [2.75, 3.05) is 0 Å². The summed E-state index contributed by atoms with van der Waals surface area (Å²) >= 11 is 3.12. The summed E-state index contributed by atoms with van der Waals surface area (Å²) in [6.45, 7) is 1.63. The van der Waals surface area contributed by atoms with Crippen molar-refractivity contribution < 1.29 is 22.7 Å². The van der Waals surface area contributed by atoms with E-state index in [0.29, 0.717) is 5.76 Å². The predicted molar refractivity (Wildman–Crippen MR) is 78.5 cm³/mol. The van der Waals surface area contributed by atoms with Crippen LogP contribution in [0.1, 0.15) is 29.1 Å². The maximum Gasteiger partial charge on any atom is 0.335 e. The molecule has 2 aromatic rings. The van der Waals surface area contributed by atoms with Crippen molar-refractivity contribution in [3.63, 3.8) is 0 Å². The highest BCUT2D eigenvalue weighted by atomic mass is 79.9. The maximum atomic E-state index is 12.4. The molecule has 0 spiro atoms. The Bertz CT molecular complexity index is 755. The number of furan rings is 1. The largest absolute Gasteiger partial charge is 0.478 e. The number of sulfonamides is 1. The first-order chi connectivity index (χ1) is 9.81. The molecule has 1 aromatic carbocycles. The third-order valence-electron chi connectivity index (χ3n) is 2.77. The zero-order chi connectivity index (χ0) is 15.6. The normalized spacial score (nSPS) is 13.0. The number of hydrogen-bond donors (Lipinski definition) is 2. The quantitative estimate of drug-likeness (QED) is 0.839. The first-order valence-corrected chi connectivity index (χ1v) is 8.17. The summed E-state index contributed by atoms with van der Waals surface area (Å²) in [7, 11) is -3.89. The molecule has 0 aliphatic rings. The second-order valence-corrected chi connectivity index (χ2v) is 6.85. The van der Waals surface area contributed by atoms with Crippen molar-refractivity contribution in [1.82, 2.24) is 4.72 Å². The van der Waals surface area contributed by atoms with Gasteiger partial charge in [0.2, 0.25) is 10.0 Å². The zero-order valence-electron chi connectivity index (χ0n) is 10.9. The molecule has 0 unspecified atom stereocenters. The van der Waals surface area contributed by atoms with Crippen molar-refractivity contribution in [2.45, 2.75) is 17.9 Å². The maximum absolute atomic E-state index is 12.4. The Kier molecular flexibility index (Phi) is 4.50. The van der Waals surface area contributed by atoms with Gasteiger partial charge in [-0.15, -0.1) is 0 Å². The van der Waals surface area contributed by atoms with Crippen LogP contribution in [0.3, 0.4) is 0 Å². The van der Waals surface area contributed by atoms with Crippen molar-refractivity contribution in [3.8, 4) is 0 Å². The predicted octanol–water partition coefficient (Wildman–Crippen LogP) is 2.78. The average Bonchev–Trinajstić information content (AvgIpc) is 2.92. The molecule has 0 bridgehead atoms. The number of benzene rings is 1. The SMILES string of the molecule is C[C@@H](NS(=O)(=O)c1cc(C(=O)O)ccc1Br)c1ccco1. The van der Waals surface area contributed by atoms with Gasteiger partial charge in [-0.2, -0.15) is 0 Å². The highest BCUT2D eigenvalue weighted by molar-refractivity contribution is 9.10. The molecule has 112 valence electrons. The highest BCUT2D eigenvalue weighted by Gasteiger charge is 2.23. The van der Waals surface area contributed by atoms with Gasteiger partial charge in [0.15, 0.2) is 0 Å². The fourth-order valence-corrected chi connectivity index (χ4v) is 3.94. The van der Waals surface area contributed by atoms with Crippen LogP contribution in [-0.4, -0.2) is 19.5 Å². The number of carboxylic acid groups (broad SMARTS) is 1. The van der Waals surface area contributed by atoms with Crippen molar-refractivity contribution in [1.29, 1.82) is 0 Å². The van der Waals surface area contributed by atoms with E-state index in [4.69, 9.17) is 9.52 Å². The fourth-order valence-electron chi connectivity index (χ4n) is 1.73. The molecule has 2 N–H and O–H groups in total. The van der Waals surface area contributed by atoms with Crippen LogP contribution in [0.15, 0.2) is 50.4 Å². The van der Waals surface area contributed by atoms with E-state index in [1.165, 1.54) is 18.4 Å². The van der Waals surface area contributed by atoms with Gasteiger partial charge in [0.1, 0.15) is 5.76 Å². The molecule has 2 rings (SSSR count). The molecular formula is C13H12BrNO5S. The smallest absolute Gasteiger partial charge is 0.335 e.